The number of halogens is 1. The van der Waals surface area contributed by atoms with Crippen LogP contribution in [0.4, 0.5) is 10.1 Å². The molecule has 2 amide bonds. The van der Waals surface area contributed by atoms with Crippen molar-refractivity contribution in [3.8, 4) is 11.6 Å². The maximum atomic E-state index is 14.0. The van der Waals surface area contributed by atoms with Gasteiger partial charge in [0.1, 0.15) is 22.8 Å². The first kappa shape index (κ1) is 31.4. The SMILES string of the molecule is Cc1ncc(C(=O)N2CC[C@@H](C(=O)N3CCC(O)(Cn4cnc(Oc5ccc(F)cc5)c(N)c4=O)CC3)[C@H](c3ccccc3)C2)s1. The van der Waals surface area contributed by atoms with Gasteiger partial charge in [-0.25, -0.2) is 14.4 Å². The maximum Gasteiger partial charge on any atom is 0.280 e. The first-order valence-electron chi connectivity index (χ1n) is 15.2. The van der Waals surface area contributed by atoms with E-state index in [4.69, 9.17) is 10.5 Å². The lowest BCUT2D eigenvalue weighted by Gasteiger charge is -2.43. The number of piperidine rings is 2. The van der Waals surface area contributed by atoms with Crippen molar-refractivity contribution in [1.29, 1.82) is 0 Å². The molecule has 0 radical (unpaired) electrons. The zero-order valence-electron chi connectivity index (χ0n) is 25.3. The highest BCUT2D eigenvalue weighted by Crippen LogP contribution is 2.36. The summed E-state index contributed by atoms with van der Waals surface area (Å²) in [6.45, 7) is 3.34. The van der Waals surface area contributed by atoms with E-state index in [0.29, 0.717) is 37.5 Å². The van der Waals surface area contributed by atoms with Crippen LogP contribution >= 0.6 is 11.3 Å². The second kappa shape index (κ2) is 13.0. The van der Waals surface area contributed by atoms with E-state index in [1.165, 1.54) is 46.5 Å². The first-order valence-corrected chi connectivity index (χ1v) is 16.0. The fourth-order valence-corrected chi connectivity index (χ4v) is 6.98. The van der Waals surface area contributed by atoms with E-state index in [1.807, 2.05) is 42.2 Å². The molecule has 4 heterocycles. The summed E-state index contributed by atoms with van der Waals surface area (Å²) in [7, 11) is 0. The smallest absolute Gasteiger partial charge is 0.280 e. The summed E-state index contributed by atoms with van der Waals surface area (Å²) in [6, 6.07) is 15.0. The van der Waals surface area contributed by atoms with E-state index in [9.17, 15) is 23.9 Å². The lowest BCUT2D eigenvalue weighted by Crippen LogP contribution is -2.53. The molecule has 6 rings (SSSR count). The number of nitrogens with zero attached hydrogens (tertiary/aromatic N) is 5. The molecule has 46 heavy (non-hydrogen) atoms. The Morgan fingerprint density at radius 3 is 2.46 bits per heavy atom. The Morgan fingerprint density at radius 1 is 1.07 bits per heavy atom. The number of thiazole rings is 1. The van der Waals surface area contributed by atoms with E-state index in [1.54, 1.807) is 11.1 Å². The molecule has 11 nitrogen and oxygen atoms in total. The van der Waals surface area contributed by atoms with Gasteiger partial charge in [0, 0.05) is 38.0 Å². The number of carbonyl (C=O) groups is 2. The molecule has 2 aliphatic rings. The topological polar surface area (TPSA) is 144 Å². The number of hydrogen-bond donors (Lipinski definition) is 2. The van der Waals surface area contributed by atoms with Crippen LogP contribution < -0.4 is 16.0 Å². The fourth-order valence-electron chi connectivity index (χ4n) is 6.24. The molecule has 0 saturated carbocycles. The molecule has 2 saturated heterocycles. The number of benzene rings is 2. The van der Waals surface area contributed by atoms with Crippen molar-refractivity contribution >= 4 is 28.8 Å². The van der Waals surface area contributed by atoms with Gasteiger partial charge in [-0.2, -0.15) is 0 Å². The van der Waals surface area contributed by atoms with Gasteiger partial charge >= 0.3 is 0 Å². The molecule has 4 aromatic rings. The zero-order valence-corrected chi connectivity index (χ0v) is 26.2. The van der Waals surface area contributed by atoms with Gasteiger partial charge in [-0.15, -0.1) is 11.3 Å². The zero-order chi connectivity index (χ0) is 32.4. The van der Waals surface area contributed by atoms with Crippen LogP contribution in [-0.2, 0) is 11.3 Å². The molecular weight excluding hydrogens is 611 g/mol. The maximum absolute atomic E-state index is 14.0. The number of rotatable bonds is 7. The number of likely N-dealkylation sites (tertiary alicyclic amines) is 2. The Bertz CT molecular complexity index is 1770. The quantitative estimate of drug-likeness (QED) is 0.309. The molecule has 0 aliphatic carbocycles. The lowest BCUT2D eigenvalue weighted by molar-refractivity contribution is -0.142. The average Bonchev–Trinajstić information content (AvgIpc) is 3.51. The van der Waals surface area contributed by atoms with Gasteiger partial charge < -0.3 is 25.4 Å². The molecule has 2 atom stereocenters. The molecule has 240 valence electrons. The molecule has 2 aromatic heterocycles. The summed E-state index contributed by atoms with van der Waals surface area (Å²) in [5.74, 6) is -0.827. The Balaban J connectivity index is 1.11. The predicted octanol–water partition coefficient (Wildman–Crippen LogP) is 3.82. The van der Waals surface area contributed by atoms with Gasteiger partial charge in [0.15, 0.2) is 5.69 Å². The second-order valence-corrected chi connectivity index (χ2v) is 13.1. The van der Waals surface area contributed by atoms with Crippen molar-refractivity contribution in [1.82, 2.24) is 24.3 Å². The molecule has 0 spiro atoms. The Labute approximate surface area is 269 Å². The van der Waals surface area contributed by atoms with Crippen LogP contribution in [0.25, 0.3) is 0 Å². The molecule has 13 heteroatoms. The Morgan fingerprint density at radius 2 is 1.78 bits per heavy atom. The van der Waals surface area contributed by atoms with E-state index in [0.717, 1.165) is 10.6 Å². The van der Waals surface area contributed by atoms with Gasteiger partial charge in [0.25, 0.3) is 11.5 Å². The van der Waals surface area contributed by atoms with Crippen LogP contribution in [0.5, 0.6) is 11.6 Å². The van der Waals surface area contributed by atoms with E-state index in [2.05, 4.69) is 9.97 Å². The minimum atomic E-state index is -1.25. The summed E-state index contributed by atoms with van der Waals surface area (Å²) >= 11 is 1.37. The number of amides is 2. The molecule has 3 N–H and O–H groups in total. The monoisotopic (exact) mass is 646 g/mol. The highest BCUT2D eigenvalue weighted by Gasteiger charge is 2.42. The third-order valence-corrected chi connectivity index (χ3v) is 9.71. The van der Waals surface area contributed by atoms with Crippen molar-refractivity contribution in [2.75, 3.05) is 31.9 Å². The van der Waals surface area contributed by atoms with Crippen molar-refractivity contribution in [2.24, 2.45) is 5.92 Å². The van der Waals surface area contributed by atoms with Crippen LogP contribution in [0.1, 0.15) is 45.4 Å². The number of ether oxygens (including phenoxy) is 1. The minimum Gasteiger partial charge on any atom is -0.437 e. The number of hydrogen-bond acceptors (Lipinski definition) is 9. The predicted molar refractivity (Wildman–Crippen MR) is 170 cm³/mol. The van der Waals surface area contributed by atoms with E-state index >= 15 is 0 Å². The summed E-state index contributed by atoms with van der Waals surface area (Å²) in [5.41, 5.74) is 4.97. The molecule has 2 aromatic carbocycles. The average molecular weight is 647 g/mol. The second-order valence-electron chi connectivity index (χ2n) is 11.9. The normalized spacial score (nSPS) is 19.5. The number of nitrogens with two attached hydrogens (primary N) is 1. The van der Waals surface area contributed by atoms with Gasteiger partial charge in [0.2, 0.25) is 11.8 Å². The molecular formula is C33H35FN6O5S. The highest BCUT2D eigenvalue weighted by molar-refractivity contribution is 7.13. The molecule has 0 unspecified atom stereocenters. The highest BCUT2D eigenvalue weighted by atomic mass is 32.1. The standard InChI is InChI=1S/C33H35FN6O5S/c1-21-36-17-27(46-21)31(42)39-14-11-25(26(18-39)22-5-3-2-4-6-22)30(41)38-15-12-33(44,13-16-38)19-40-20-37-29(28(35)32(40)43)45-24-9-7-23(34)8-10-24/h2-10,17,20,25-26,44H,11-16,18-19,35H2,1H3/t25-,26+/m1/s1. The lowest BCUT2D eigenvalue weighted by atomic mass is 9.79. The first-order chi connectivity index (χ1) is 22.1. The van der Waals surface area contributed by atoms with Crippen molar-refractivity contribution in [3.63, 3.8) is 0 Å². The summed E-state index contributed by atoms with van der Waals surface area (Å²) < 4.78 is 20.0. The Kier molecular flexibility index (Phi) is 8.87. The largest absolute Gasteiger partial charge is 0.437 e. The van der Waals surface area contributed by atoms with Crippen LogP contribution in [0.2, 0.25) is 0 Å². The van der Waals surface area contributed by atoms with Crippen LogP contribution in [0.15, 0.2) is 71.9 Å². The number of aryl methyl sites for hydroxylation is 1. The van der Waals surface area contributed by atoms with Crippen LogP contribution in [0.3, 0.4) is 0 Å². The third-order valence-electron chi connectivity index (χ3n) is 8.81. The van der Waals surface area contributed by atoms with Crippen LogP contribution in [-0.4, -0.2) is 73.0 Å². The summed E-state index contributed by atoms with van der Waals surface area (Å²) in [5, 5.41) is 12.3. The number of nitrogen functional groups attached to an aromatic ring is 1. The van der Waals surface area contributed by atoms with Gasteiger partial charge in [-0.3, -0.25) is 19.0 Å². The number of carbonyl (C=O) groups excluding carboxylic acids is 2. The van der Waals surface area contributed by atoms with Crippen molar-refractivity contribution < 1.29 is 23.8 Å². The molecule has 2 fully saturated rings. The van der Waals surface area contributed by atoms with E-state index < -0.39 is 17.0 Å². The van der Waals surface area contributed by atoms with E-state index in [-0.39, 0.29) is 60.4 Å². The van der Waals surface area contributed by atoms with Gasteiger partial charge in [-0.05, 0) is 56.0 Å². The fraction of sp³-hybridized carbons (Fsp3) is 0.364. The molecule has 0 bridgehead atoms. The molecule has 2 aliphatic heterocycles. The number of aliphatic hydroxyl groups is 1. The summed E-state index contributed by atoms with van der Waals surface area (Å²) in [4.78, 5) is 52.8. The third kappa shape index (κ3) is 6.65. The number of aromatic nitrogens is 3. The van der Waals surface area contributed by atoms with Gasteiger partial charge in [0.05, 0.1) is 23.4 Å². The number of anilines is 1. The summed E-state index contributed by atoms with van der Waals surface area (Å²) in [6.07, 6.45) is 3.92. The minimum absolute atomic E-state index is 0.00186. The Hall–Kier alpha value is -4.62. The van der Waals surface area contributed by atoms with Crippen molar-refractivity contribution in [2.45, 2.75) is 44.2 Å². The van der Waals surface area contributed by atoms with Crippen molar-refractivity contribution in [3.05, 3.63) is 98.7 Å². The van der Waals surface area contributed by atoms with Crippen LogP contribution in [0, 0.1) is 18.7 Å². The van der Waals surface area contributed by atoms with Gasteiger partial charge in [-0.1, -0.05) is 30.3 Å².